The Morgan fingerprint density at radius 3 is 2.23 bits per heavy atom. The van der Waals surface area contributed by atoms with Gasteiger partial charge in [-0.15, -0.1) is 0 Å². The van der Waals surface area contributed by atoms with Gasteiger partial charge in [0.25, 0.3) is 11.8 Å². The zero-order chi connectivity index (χ0) is 41.2. The van der Waals surface area contributed by atoms with Crippen LogP contribution in [0.4, 0.5) is 8.78 Å². The van der Waals surface area contributed by atoms with E-state index < -0.39 is 66.3 Å². The van der Waals surface area contributed by atoms with Crippen molar-refractivity contribution in [2.24, 2.45) is 5.92 Å². The molecule has 1 aromatic heterocycles. The number of hydrogen-bond acceptors (Lipinski definition) is 11. The molecule has 17 heteroatoms. The highest BCUT2D eigenvalue weighted by molar-refractivity contribution is 5.99. The first-order chi connectivity index (χ1) is 26.9. The molecule has 3 rings (SSSR count). The molecule has 15 nitrogen and oxygen atoms in total. The van der Waals surface area contributed by atoms with Crippen LogP contribution in [-0.2, 0) is 39.9 Å². The number of hydroxylamine groups is 2. The quantitative estimate of drug-likeness (QED) is 0.0456. The third-order valence-electron chi connectivity index (χ3n) is 8.60. The van der Waals surface area contributed by atoms with E-state index in [1.807, 2.05) is 6.92 Å². The van der Waals surface area contributed by atoms with Crippen LogP contribution in [0, 0.1) is 17.6 Å². The summed E-state index contributed by atoms with van der Waals surface area (Å²) in [5.74, 6) is -5.61. The van der Waals surface area contributed by atoms with E-state index in [1.54, 1.807) is 19.9 Å². The minimum atomic E-state index is -0.908. The average Bonchev–Trinajstić information content (AvgIpc) is 3.69. The van der Waals surface area contributed by atoms with Crippen molar-refractivity contribution in [3.63, 3.8) is 0 Å². The number of carbonyl (C=O) groups excluding carboxylic acids is 6. The fourth-order valence-electron chi connectivity index (χ4n) is 5.68. The van der Waals surface area contributed by atoms with Crippen LogP contribution in [0.5, 0.6) is 5.75 Å². The second-order valence-corrected chi connectivity index (χ2v) is 12.4. The van der Waals surface area contributed by atoms with E-state index in [-0.39, 0.29) is 61.1 Å². The Morgan fingerprint density at radius 1 is 0.911 bits per heavy atom. The van der Waals surface area contributed by atoms with Gasteiger partial charge in [0, 0.05) is 17.2 Å². The van der Waals surface area contributed by atoms with Crippen molar-refractivity contribution in [1.29, 1.82) is 0 Å². The molecule has 3 aromatic rings. The van der Waals surface area contributed by atoms with E-state index >= 15 is 0 Å². The number of nitrogens with zero attached hydrogens (tertiary/aromatic N) is 2. The Labute approximate surface area is 323 Å². The summed E-state index contributed by atoms with van der Waals surface area (Å²) in [6.07, 6.45) is 2.40. The first-order valence-electron chi connectivity index (χ1n) is 18.1. The van der Waals surface area contributed by atoms with Crippen LogP contribution >= 0.6 is 0 Å². The molecular formula is C39H48F2N4O11. The van der Waals surface area contributed by atoms with Gasteiger partial charge in [0.15, 0.2) is 5.76 Å². The number of methoxy groups -OCH3 is 2. The molecule has 0 saturated carbocycles. The summed E-state index contributed by atoms with van der Waals surface area (Å²) in [6.45, 7) is 4.52. The van der Waals surface area contributed by atoms with Gasteiger partial charge in [-0.25, -0.2) is 13.8 Å². The molecule has 0 saturated heterocycles. The summed E-state index contributed by atoms with van der Waals surface area (Å²) in [5, 5.41) is 6.27. The number of nitrogens with one attached hydrogen (secondary N) is 2. The summed E-state index contributed by atoms with van der Waals surface area (Å²) < 4.78 is 48.8. The topological polar surface area (TPSA) is 183 Å². The molecule has 304 valence electrons. The number of furan rings is 1. The Bertz CT molecular complexity index is 1800. The van der Waals surface area contributed by atoms with Gasteiger partial charge in [0.2, 0.25) is 12.3 Å². The van der Waals surface area contributed by atoms with Gasteiger partial charge in [-0.05, 0) is 74.6 Å². The second-order valence-electron chi connectivity index (χ2n) is 12.4. The van der Waals surface area contributed by atoms with Gasteiger partial charge in [0.1, 0.15) is 36.2 Å². The van der Waals surface area contributed by atoms with Crippen molar-refractivity contribution in [3.05, 3.63) is 77.1 Å². The highest BCUT2D eigenvalue weighted by Gasteiger charge is 2.32. The number of aryl methyl sites for hydroxylation is 1. The first-order valence-corrected chi connectivity index (χ1v) is 18.1. The first kappa shape index (κ1) is 44.6. The largest absolute Gasteiger partial charge is 0.494 e. The minimum absolute atomic E-state index is 0.0369. The zero-order valence-electron chi connectivity index (χ0n) is 32.1. The third kappa shape index (κ3) is 12.9. The van der Waals surface area contributed by atoms with Gasteiger partial charge >= 0.3 is 11.9 Å². The summed E-state index contributed by atoms with van der Waals surface area (Å²) in [4.78, 5) is 82.9. The normalized spacial score (nSPS) is 11.8. The van der Waals surface area contributed by atoms with Crippen molar-refractivity contribution >= 4 is 36.1 Å². The van der Waals surface area contributed by atoms with Gasteiger partial charge in [-0.2, -0.15) is 0 Å². The SMILES string of the molecule is CCCCON(C=O)[C@H](CC)[C@@H](CCc1ccc(F)cc1F)C(=O)NCNC(=O)c1ccc(-c2cc(OCC)cc(C(=O)N(CC(=O)OC)CC(=O)OC)c2)o1. The van der Waals surface area contributed by atoms with Crippen LogP contribution in [0.2, 0.25) is 0 Å². The lowest BCUT2D eigenvalue weighted by atomic mass is 9.89. The van der Waals surface area contributed by atoms with Crippen molar-refractivity contribution in [2.45, 2.75) is 58.9 Å². The zero-order valence-corrected chi connectivity index (χ0v) is 32.1. The average molecular weight is 787 g/mol. The molecule has 0 radical (unpaired) electrons. The van der Waals surface area contributed by atoms with Crippen LogP contribution in [0.1, 0.15) is 72.9 Å². The number of rotatable bonds is 23. The number of ether oxygens (including phenoxy) is 3. The Morgan fingerprint density at radius 2 is 1.62 bits per heavy atom. The highest BCUT2D eigenvalue weighted by Crippen LogP contribution is 2.29. The van der Waals surface area contributed by atoms with E-state index in [0.29, 0.717) is 24.8 Å². The summed E-state index contributed by atoms with van der Waals surface area (Å²) >= 11 is 0. The Balaban J connectivity index is 1.78. The fraction of sp³-hybridized carbons (Fsp3) is 0.436. The Kier molecular flexibility index (Phi) is 17.9. The smallest absolute Gasteiger partial charge is 0.325 e. The highest BCUT2D eigenvalue weighted by atomic mass is 19.1. The number of hydrogen-bond donors (Lipinski definition) is 2. The van der Waals surface area contributed by atoms with Crippen molar-refractivity contribution in [1.82, 2.24) is 20.6 Å². The van der Waals surface area contributed by atoms with Crippen LogP contribution in [0.3, 0.4) is 0 Å². The number of amides is 4. The van der Waals surface area contributed by atoms with E-state index in [1.165, 1.54) is 30.3 Å². The number of carbonyl (C=O) groups is 6. The summed E-state index contributed by atoms with van der Waals surface area (Å²) in [5.41, 5.74) is 0.554. The molecule has 0 bridgehead atoms. The molecule has 0 aliphatic rings. The molecule has 4 amide bonds. The molecule has 2 aromatic carbocycles. The summed E-state index contributed by atoms with van der Waals surface area (Å²) in [6, 6.07) is 9.72. The fourth-order valence-corrected chi connectivity index (χ4v) is 5.68. The van der Waals surface area contributed by atoms with E-state index in [4.69, 9.17) is 14.0 Å². The van der Waals surface area contributed by atoms with Crippen LogP contribution < -0.4 is 15.4 Å². The van der Waals surface area contributed by atoms with Gasteiger partial charge in [-0.1, -0.05) is 26.3 Å². The Hall–Kier alpha value is -5.84. The lowest BCUT2D eigenvalue weighted by molar-refractivity contribution is -0.195. The standard InChI is InChI=1S/C39H48F2N4O11/c1-6-9-16-55-45(24-46)32(7-2)30(13-11-25-10-12-28(40)20-31(25)41)37(49)42-23-43-38(50)34-15-14-33(56-34)26-17-27(19-29(18-26)54-8-3)39(51)44(21-35(47)52-4)22-36(48)53-5/h10,12,14-15,17-20,24,30,32H,6-9,11,13,16,21-23H2,1-5H3,(H,42,49)(H,43,50)/t30-,32-/m1/s1. The third-order valence-corrected chi connectivity index (χ3v) is 8.60. The maximum absolute atomic E-state index is 14.5. The molecule has 0 spiro atoms. The van der Waals surface area contributed by atoms with Crippen molar-refractivity contribution < 1.29 is 61.0 Å². The molecule has 0 fully saturated rings. The number of unbranched alkanes of at least 4 members (excludes halogenated alkanes) is 1. The molecule has 0 aliphatic carbocycles. The number of esters is 2. The lowest BCUT2D eigenvalue weighted by Crippen LogP contribution is -2.48. The van der Waals surface area contributed by atoms with E-state index in [9.17, 15) is 37.5 Å². The molecule has 0 aliphatic heterocycles. The molecule has 1 heterocycles. The van der Waals surface area contributed by atoms with Gasteiger partial charge < -0.3 is 34.2 Å². The lowest BCUT2D eigenvalue weighted by Gasteiger charge is -2.32. The van der Waals surface area contributed by atoms with Gasteiger partial charge in [-0.3, -0.25) is 33.6 Å². The number of benzene rings is 2. The molecule has 2 N–H and O–H groups in total. The van der Waals surface area contributed by atoms with Crippen molar-refractivity contribution in [2.75, 3.05) is 47.2 Å². The molecular weight excluding hydrogens is 738 g/mol. The molecule has 56 heavy (non-hydrogen) atoms. The molecule has 2 atom stereocenters. The maximum atomic E-state index is 14.5. The van der Waals surface area contributed by atoms with Gasteiger partial charge in [0.05, 0.1) is 46.1 Å². The predicted octanol–water partition coefficient (Wildman–Crippen LogP) is 4.43. The number of halogens is 2. The van der Waals surface area contributed by atoms with Crippen LogP contribution in [-0.4, -0.2) is 99.3 Å². The second kappa shape index (κ2) is 22.5. The van der Waals surface area contributed by atoms with Crippen LogP contribution in [0.25, 0.3) is 11.3 Å². The van der Waals surface area contributed by atoms with E-state index in [2.05, 4.69) is 20.1 Å². The minimum Gasteiger partial charge on any atom is -0.494 e. The maximum Gasteiger partial charge on any atom is 0.325 e. The van der Waals surface area contributed by atoms with Crippen molar-refractivity contribution in [3.8, 4) is 17.1 Å². The monoisotopic (exact) mass is 786 g/mol. The summed E-state index contributed by atoms with van der Waals surface area (Å²) in [7, 11) is 2.28. The van der Waals surface area contributed by atoms with Crippen LogP contribution in [0.15, 0.2) is 52.9 Å². The molecule has 0 unspecified atom stereocenters. The van der Waals surface area contributed by atoms with E-state index in [0.717, 1.165) is 42.7 Å². The predicted molar refractivity (Wildman–Crippen MR) is 197 cm³/mol.